The fourth-order valence-electron chi connectivity index (χ4n) is 1.43. The lowest BCUT2D eigenvalue weighted by atomic mass is 10.2. The summed E-state index contributed by atoms with van der Waals surface area (Å²) >= 11 is 0. The first kappa shape index (κ1) is 9.51. The van der Waals surface area contributed by atoms with Crippen molar-refractivity contribution in [1.29, 1.82) is 0 Å². The van der Waals surface area contributed by atoms with Gasteiger partial charge in [-0.05, 0) is 17.7 Å². The maximum Gasteiger partial charge on any atom is 0.324 e. The number of nitrogens with zero attached hydrogens (tertiary/aromatic N) is 1. The van der Waals surface area contributed by atoms with Crippen LogP contribution in [0.25, 0.3) is 0 Å². The predicted octanol–water partition coefficient (Wildman–Crippen LogP) is 0.444. The van der Waals surface area contributed by atoms with Gasteiger partial charge in [-0.2, -0.15) is 0 Å². The van der Waals surface area contributed by atoms with Gasteiger partial charge in [-0.3, -0.25) is 10.1 Å². The van der Waals surface area contributed by atoms with Gasteiger partial charge in [-0.1, -0.05) is 12.1 Å². The summed E-state index contributed by atoms with van der Waals surface area (Å²) in [7, 11) is 0. The van der Waals surface area contributed by atoms with Crippen LogP contribution in [0.5, 0.6) is 5.75 Å². The summed E-state index contributed by atoms with van der Waals surface area (Å²) in [6.07, 6.45) is 0. The van der Waals surface area contributed by atoms with Gasteiger partial charge in [0.25, 0.3) is 0 Å². The van der Waals surface area contributed by atoms with Gasteiger partial charge in [0.2, 0.25) is 5.91 Å². The molecule has 1 aliphatic heterocycles. The summed E-state index contributed by atoms with van der Waals surface area (Å²) in [5.74, 6) is -0.0977. The van der Waals surface area contributed by atoms with E-state index in [2.05, 4.69) is 5.32 Å². The molecule has 1 aliphatic rings. The third kappa shape index (κ3) is 2.07. The first-order valence-corrected chi connectivity index (χ1v) is 4.52. The minimum absolute atomic E-state index is 0.0969. The predicted molar refractivity (Wildman–Crippen MR) is 52.1 cm³/mol. The van der Waals surface area contributed by atoms with E-state index in [4.69, 9.17) is 5.11 Å². The zero-order valence-corrected chi connectivity index (χ0v) is 7.93. The number of amides is 3. The zero-order chi connectivity index (χ0) is 10.8. The SMILES string of the molecule is O=C1CN(Cc2ccc(O)cc2)C(=O)N1. The van der Waals surface area contributed by atoms with E-state index in [9.17, 15) is 9.59 Å². The molecule has 1 fully saturated rings. The lowest BCUT2D eigenvalue weighted by Gasteiger charge is -2.12. The Morgan fingerprint density at radius 3 is 2.47 bits per heavy atom. The van der Waals surface area contributed by atoms with Crippen LogP contribution in [0.1, 0.15) is 5.56 Å². The quantitative estimate of drug-likeness (QED) is 0.690. The average molecular weight is 206 g/mol. The van der Waals surface area contributed by atoms with Crippen LogP contribution in [0.3, 0.4) is 0 Å². The third-order valence-electron chi connectivity index (χ3n) is 2.18. The molecule has 0 bridgehead atoms. The van der Waals surface area contributed by atoms with Crippen molar-refractivity contribution < 1.29 is 14.7 Å². The molecule has 2 rings (SSSR count). The summed E-state index contributed by atoms with van der Waals surface area (Å²) in [5, 5.41) is 11.3. The molecule has 2 N–H and O–H groups in total. The van der Waals surface area contributed by atoms with Gasteiger partial charge in [-0.25, -0.2) is 4.79 Å². The molecule has 3 amide bonds. The van der Waals surface area contributed by atoms with E-state index in [-0.39, 0.29) is 24.2 Å². The van der Waals surface area contributed by atoms with Gasteiger partial charge in [0.05, 0.1) is 0 Å². The second kappa shape index (κ2) is 3.61. The Morgan fingerprint density at radius 1 is 1.27 bits per heavy atom. The number of phenolic OH excluding ortho intramolecular Hbond substituents is 1. The van der Waals surface area contributed by atoms with Gasteiger partial charge in [-0.15, -0.1) is 0 Å². The number of rotatable bonds is 2. The van der Waals surface area contributed by atoms with Gasteiger partial charge >= 0.3 is 6.03 Å². The Morgan fingerprint density at radius 2 is 1.93 bits per heavy atom. The molecule has 15 heavy (non-hydrogen) atoms. The van der Waals surface area contributed by atoms with Crippen molar-refractivity contribution in [3.8, 4) is 5.75 Å². The van der Waals surface area contributed by atoms with E-state index >= 15 is 0 Å². The highest BCUT2D eigenvalue weighted by atomic mass is 16.3. The number of hydrogen-bond acceptors (Lipinski definition) is 3. The lowest BCUT2D eigenvalue weighted by Crippen LogP contribution is -2.27. The number of urea groups is 1. The molecule has 0 unspecified atom stereocenters. The van der Waals surface area contributed by atoms with Crippen LogP contribution < -0.4 is 5.32 Å². The Bertz CT molecular complexity index is 400. The van der Waals surface area contributed by atoms with Crippen LogP contribution in [-0.4, -0.2) is 28.5 Å². The summed E-state index contributed by atoms with van der Waals surface area (Å²) in [5.41, 5.74) is 0.873. The largest absolute Gasteiger partial charge is 0.508 e. The number of aromatic hydroxyl groups is 1. The van der Waals surface area contributed by atoms with Gasteiger partial charge < -0.3 is 10.0 Å². The maximum atomic E-state index is 11.2. The Labute approximate surface area is 86.3 Å². The van der Waals surface area contributed by atoms with Crippen molar-refractivity contribution >= 4 is 11.9 Å². The molecule has 5 nitrogen and oxygen atoms in total. The van der Waals surface area contributed by atoms with Crippen LogP contribution >= 0.6 is 0 Å². The highest BCUT2D eigenvalue weighted by molar-refractivity contribution is 6.01. The second-order valence-corrected chi connectivity index (χ2v) is 3.38. The van der Waals surface area contributed by atoms with E-state index in [0.717, 1.165) is 5.56 Å². The highest BCUT2D eigenvalue weighted by Crippen LogP contribution is 2.12. The number of carbonyl (C=O) groups is 2. The monoisotopic (exact) mass is 206 g/mol. The molecule has 5 heteroatoms. The van der Waals surface area contributed by atoms with Crippen LogP contribution in [0.4, 0.5) is 4.79 Å². The van der Waals surface area contributed by atoms with Gasteiger partial charge in [0, 0.05) is 6.54 Å². The van der Waals surface area contributed by atoms with Crippen molar-refractivity contribution in [1.82, 2.24) is 10.2 Å². The van der Waals surface area contributed by atoms with Crippen molar-refractivity contribution in [3.05, 3.63) is 29.8 Å². The lowest BCUT2D eigenvalue weighted by molar-refractivity contribution is -0.118. The number of nitrogens with one attached hydrogen (secondary N) is 1. The summed E-state index contributed by atoms with van der Waals surface area (Å²) < 4.78 is 0. The smallest absolute Gasteiger partial charge is 0.324 e. The molecule has 0 aliphatic carbocycles. The van der Waals surface area contributed by atoms with Gasteiger partial charge in [0.15, 0.2) is 0 Å². The molecule has 78 valence electrons. The molecule has 0 saturated carbocycles. The van der Waals surface area contributed by atoms with E-state index in [1.54, 1.807) is 24.3 Å². The number of hydrogen-bond donors (Lipinski definition) is 2. The van der Waals surface area contributed by atoms with E-state index in [0.29, 0.717) is 6.54 Å². The number of benzene rings is 1. The standard InChI is InChI=1S/C10H10N2O3/c13-8-3-1-7(2-4-8)5-12-6-9(14)11-10(12)15/h1-4,13H,5-6H2,(H,11,14,15). The fraction of sp³-hybridized carbons (Fsp3) is 0.200. The molecule has 1 aromatic carbocycles. The van der Waals surface area contributed by atoms with E-state index in [1.165, 1.54) is 4.90 Å². The topological polar surface area (TPSA) is 69.6 Å². The molecule has 1 heterocycles. The first-order chi connectivity index (χ1) is 7.15. The summed E-state index contributed by atoms with van der Waals surface area (Å²) in [4.78, 5) is 23.5. The first-order valence-electron chi connectivity index (χ1n) is 4.52. The Hall–Kier alpha value is -2.04. The van der Waals surface area contributed by atoms with Crippen LogP contribution in [0.15, 0.2) is 24.3 Å². The van der Waals surface area contributed by atoms with E-state index < -0.39 is 0 Å². The highest BCUT2D eigenvalue weighted by Gasteiger charge is 2.26. The summed E-state index contributed by atoms with van der Waals surface area (Å²) in [6, 6.07) is 6.15. The Balaban J connectivity index is 2.06. The normalized spacial score (nSPS) is 15.6. The molecule has 1 aromatic rings. The molecular weight excluding hydrogens is 196 g/mol. The molecule has 1 saturated heterocycles. The van der Waals surface area contributed by atoms with Crippen molar-refractivity contribution in [2.75, 3.05) is 6.54 Å². The third-order valence-corrected chi connectivity index (χ3v) is 2.18. The van der Waals surface area contributed by atoms with Crippen molar-refractivity contribution in [2.45, 2.75) is 6.54 Å². The summed E-state index contributed by atoms with van der Waals surface area (Å²) in [6.45, 7) is 0.470. The molecule has 0 spiro atoms. The minimum Gasteiger partial charge on any atom is -0.508 e. The van der Waals surface area contributed by atoms with Crippen LogP contribution in [0.2, 0.25) is 0 Å². The number of imide groups is 1. The Kier molecular flexibility index (Phi) is 2.29. The minimum atomic E-state index is -0.368. The molecule has 0 atom stereocenters. The van der Waals surface area contributed by atoms with Crippen molar-refractivity contribution in [3.63, 3.8) is 0 Å². The van der Waals surface area contributed by atoms with E-state index in [1.807, 2.05) is 0 Å². The second-order valence-electron chi connectivity index (χ2n) is 3.38. The molecule has 0 aromatic heterocycles. The number of carbonyl (C=O) groups excluding carboxylic acids is 2. The molecule has 0 radical (unpaired) electrons. The maximum absolute atomic E-state index is 11.2. The average Bonchev–Trinajstić information content (AvgIpc) is 2.49. The molecular formula is C10H10N2O3. The van der Waals surface area contributed by atoms with Crippen LogP contribution in [-0.2, 0) is 11.3 Å². The zero-order valence-electron chi connectivity index (χ0n) is 7.93. The van der Waals surface area contributed by atoms with Crippen LogP contribution in [0, 0.1) is 0 Å². The van der Waals surface area contributed by atoms with Crippen molar-refractivity contribution in [2.24, 2.45) is 0 Å². The van der Waals surface area contributed by atoms with Gasteiger partial charge in [0.1, 0.15) is 12.3 Å². The fourth-order valence-corrected chi connectivity index (χ4v) is 1.43. The number of phenols is 1.